The molecular formula is C17H28N2O3S. The third-order valence-electron chi connectivity index (χ3n) is 3.90. The van der Waals surface area contributed by atoms with Crippen LogP contribution in [-0.2, 0) is 14.8 Å². The van der Waals surface area contributed by atoms with E-state index < -0.39 is 10.0 Å². The molecule has 0 saturated heterocycles. The van der Waals surface area contributed by atoms with Crippen molar-refractivity contribution in [1.29, 1.82) is 0 Å². The summed E-state index contributed by atoms with van der Waals surface area (Å²) in [4.78, 5) is 14.8. The SMILES string of the molecule is CC(C)N(C(=O)[C@H](C)c1ccc(S(=O)(=O)N(C)C)cc1)C(C)C. The average Bonchev–Trinajstić information content (AvgIpc) is 2.45. The van der Waals surface area contributed by atoms with Gasteiger partial charge in [0.2, 0.25) is 15.9 Å². The maximum absolute atomic E-state index is 12.7. The van der Waals surface area contributed by atoms with E-state index in [1.165, 1.54) is 18.4 Å². The van der Waals surface area contributed by atoms with Crippen LogP contribution in [0.25, 0.3) is 0 Å². The molecule has 0 aromatic heterocycles. The van der Waals surface area contributed by atoms with Crippen molar-refractivity contribution in [3.05, 3.63) is 29.8 Å². The van der Waals surface area contributed by atoms with E-state index in [9.17, 15) is 13.2 Å². The Balaban J connectivity index is 3.06. The molecule has 0 heterocycles. The highest BCUT2D eigenvalue weighted by atomic mass is 32.2. The second-order valence-corrected chi connectivity index (χ2v) is 8.66. The van der Waals surface area contributed by atoms with Crippen LogP contribution in [-0.4, -0.2) is 49.7 Å². The summed E-state index contributed by atoms with van der Waals surface area (Å²) in [6.07, 6.45) is 0. The van der Waals surface area contributed by atoms with Crippen molar-refractivity contribution in [3.8, 4) is 0 Å². The number of sulfonamides is 1. The van der Waals surface area contributed by atoms with E-state index in [4.69, 9.17) is 0 Å². The quantitative estimate of drug-likeness (QED) is 0.800. The minimum atomic E-state index is -3.44. The van der Waals surface area contributed by atoms with Gasteiger partial charge in [-0.05, 0) is 52.3 Å². The van der Waals surface area contributed by atoms with Crippen LogP contribution in [0.5, 0.6) is 0 Å². The minimum Gasteiger partial charge on any atom is -0.337 e. The van der Waals surface area contributed by atoms with E-state index in [-0.39, 0.29) is 28.8 Å². The third-order valence-corrected chi connectivity index (χ3v) is 5.73. The normalized spacial score (nSPS) is 13.7. The van der Waals surface area contributed by atoms with Gasteiger partial charge in [-0.2, -0.15) is 0 Å². The van der Waals surface area contributed by atoms with Crippen molar-refractivity contribution >= 4 is 15.9 Å². The van der Waals surface area contributed by atoms with Crippen molar-refractivity contribution in [3.63, 3.8) is 0 Å². The van der Waals surface area contributed by atoms with Crippen LogP contribution in [0.1, 0.15) is 46.1 Å². The Morgan fingerprint density at radius 3 is 1.70 bits per heavy atom. The zero-order valence-electron chi connectivity index (χ0n) is 15.1. The van der Waals surface area contributed by atoms with Crippen molar-refractivity contribution < 1.29 is 13.2 Å². The molecule has 0 N–H and O–H groups in total. The first-order valence-electron chi connectivity index (χ1n) is 7.84. The fourth-order valence-electron chi connectivity index (χ4n) is 2.61. The molecule has 0 radical (unpaired) electrons. The second kappa shape index (κ2) is 7.45. The van der Waals surface area contributed by atoms with Gasteiger partial charge in [-0.25, -0.2) is 12.7 Å². The van der Waals surface area contributed by atoms with Crippen LogP contribution in [0.15, 0.2) is 29.2 Å². The number of carbonyl (C=O) groups excluding carboxylic acids is 1. The van der Waals surface area contributed by atoms with Crippen LogP contribution >= 0.6 is 0 Å². The molecular weight excluding hydrogens is 312 g/mol. The highest BCUT2D eigenvalue weighted by Gasteiger charge is 2.26. The molecule has 6 heteroatoms. The fraction of sp³-hybridized carbons (Fsp3) is 0.588. The van der Waals surface area contributed by atoms with E-state index in [0.29, 0.717) is 0 Å². The molecule has 130 valence electrons. The number of rotatable bonds is 6. The van der Waals surface area contributed by atoms with E-state index in [1.54, 1.807) is 24.3 Å². The maximum Gasteiger partial charge on any atom is 0.242 e. The molecule has 0 aliphatic heterocycles. The fourth-order valence-corrected chi connectivity index (χ4v) is 3.51. The monoisotopic (exact) mass is 340 g/mol. The molecule has 1 aromatic rings. The summed E-state index contributed by atoms with van der Waals surface area (Å²) in [5.74, 6) is -0.255. The summed E-state index contributed by atoms with van der Waals surface area (Å²) in [7, 11) is -0.448. The van der Waals surface area contributed by atoms with Gasteiger partial charge >= 0.3 is 0 Å². The van der Waals surface area contributed by atoms with E-state index >= 15 is 0 Å². The Kier molecular flexibility index (Phi) is 6.36. The van der Waals surface area contributed by atoms with Crippen molar-refractivity contribution in [2.24, 2.45) is 0 Å². The zero-order valence-corrected chi connectivity index (χ0v) is 15.9. The number of nitrogens with zero attached hydrogens (tertiary/aromatic N) is 2. The predicted octanol–water partition coefficient (Wildman–Crippen LogP) is 2.69. The third kappa shape index (κ3) is 4.32. The molecule has 1 amide bonds. The van der Waals surface area contributed by atoms with E-state index in [0.717, 1.165) is 5.56 Å². The molecule has 1 rings (SSSR count). The summed E-state index contributed by atoms with van der Waals surface area (Å²) >= 11 is 0. The lowest BCUT2D eigenvalue weighted by atomic mass is 9.98. The highest BCUT2D eigenvalue weighted by Crippen LogP contribution is 2.23. The molecule has 0 saturated carbocycles. The smallest absolute Gasteiger partial charge is 0.242 e. The van der Waals surface area contributed by atoms with Gasteiger partial charge in [-0.3, -0.25) is 4.79 Å². The first kappa shape index (κ1) is 19.6. The minimum absolute atomic E-state index is 0.0539. The van der Waals surface area contributed by atoms with Gasteiger partial charge in [0.25, 0.3) is 0 Å². The lowest BCUT2D eigenvalue weighted by Gasteiger charge is -2.33. The Morgan fingerprint density at radius 2 is 1.35 bits per heavy atom. The number of hydrogen-bond acceptors (Lipinski definition) is 3. The van der Waals surface area contributed by atoms with Crippen LogP contribution in [0.3, 0.4) is 0 Å². The number of amides is 1. The topological polar surface area (TPSA) is 57.7 Å². The van der Waals surface area contributed by atoms with Gasteiger partial charge in [0, 0.05) is 26.2 Å². The molecule has 1 aromatic carbocycles. The van der Waals surface area contributed by atoms with Gasteiger partial charge in [0.1, 0.15) is 0 Å². The molecule has 0 aliphatic rings. The second-order valence-electron chi connectivity index (χ2n) is 6.51. The van der Waals surface area contributed by atoms with Crippen LogP contribution in [0.2, 0.25) is 0 Å². The highest BCUT2D eigenvalue weighted by molar-refractivity contribution is 7.89. The van der Waals surface area contributed by atoms with E-state index in [1.807, 2.05) is 39.5 Å². The first-order valence-corrected chi connectivity index (χ1v) is 9.28. The maximum atomic E-state index is 12.7. The standard InChI is InChI=1S/C17H28N2O3S/c1-12(2)19(13(3)4)17(20)14(5)15-8-10-16(11-9-15)23(21,22)18(6)7/h8-14H,1-7H3/t14-/m1/s1. The van der Waals surface area contributed by atoms with Crippen molar-refractivity contribution in [1.82, 2.24) is 9.21 Å². The number of benzene rings is 1. The van der Waals surface area contributed by atoms with Crippen LogP contribution in [0.4, 0.5) is 0 Å². The summed E-state index contributed by atoms with van der Waals surface area (Å²) in [6.45, 7) is 9.85. The first-order chi connectivity index (χ1) is 10.5. The molecule has 1 atom stereocenters. The van der Waals surface area contributed by atoms with Crippen molar-refractivity contribution in [2.45, 2.75) is 57.5 Å². The lowest BCUT2D eigenvalue weighted by molar-refractivity contribution is -0.136. The molecule has 0 spiro atoms. The number of carbonyl (C=O) groups is 1. The summed E-state index contributed by atoms with van der Waals surface area (Å²) in [6, 6.07) is 6.81. The van der Waals surface area contributed by atoms with E-state index in [2.05, 4.69) is 0 Å². The van der Waals surface area contributed by atoms with Gasteiger partial charge < -0.3 is 4.90 Å². The predicted molar refractivity (Wildman–Crippen MR) is 92.8 cm³/mol. The van der Waals surface area contributed by atoms with Gasteiger partial charge in [-0.1, -0.05) is 12.1 Å². The summed E-state index contributed by atoms with van der Waals surface area (Å²) < 4.78 is 25.3. The van der Waals surface area contributed by atoms with Gasteiger partial charge in [0.05, 0.1) is 10.8 Å². The molecule has 0 aliphatic carbocycles. The van der Waals surface area contributed by atoms with Crippen LogP contribution in [0, 0.1) is 0 Å². The number of hydrogen-bond donors (Lipinski definition) is 0. The molecule has 23 heavy (non-hydrogen) atoms. The lowest BCUT2D eigenvalue weighted by Crippen LogP contribution is -2.44. The molecule has 0 fully saturated rings. The van der Waals surface area contributed by atoms with Gasteiger partial charge in [-0.15, -0.1) is 0 Å². The summed E-state index contributed by atoms with van der Waals surface area (Å²) in [5, 5.41) is 0. The van der Waals surface area contributed by atoms with Gasteiger partial charge in [0.15, 0.2) is 0 Å². The Hall–Kier alpha value is -1.40. The Labute approximate surface area is 140 Å². The van der Waals surface area contributed by atoms with Crippen LogP contribution < -0.4 is 0 Å². The Morgan fingerprint density at radius 1 is 0.913 bits per heavy atom. The summed E-state index contributed by atoms with van der Waals surface area (Å²) in [5.41, 5.74) is 0.819. The largest absolute Gasteiger partial charge is 0.337 e. The van der Waals surface area contributed by atoms with Crippen molar-refractivity contribution in [2.75, 3.05) is 14.1 Å². The zero-order chi connectivity index (χ0) is 17.9. The molecule has 0 bridgehead atoms. The Bertz CT molecular complexity index is 626. The molecule has 0 unspecified atom stereocenters. The average molecular weight is 340 g/mol. The molecule has 5 nitrogen and oxygen atoms in total.